The third kappa shape index (κ3) is 6.39. The standard InChI is InChI=1S/C47H70Si/c1-33(32-48(8,38-16-11-9-12-17-38)39-18-13-10-14-19-39)28-34-20-21-37(29-34)47(26-15-27-47)44-42-30-35(45(2,3)4)22-24-40(42)41-25-23-36(31-43(41)44)46(5,6)7/h9-14,16-19,34-37,40-44H,1,15,20-32H2,2-8H3. The number of hydrogen-bond acceptors (Lipinski definition) is 0. The van der Waals surface area contributed by atoms with Gasteiger partial charge in [-0.3, -0.25) is 0 Å². The Bertz CT molecular complexity index is 1310. The fourth-order valence-electron chi connectivity index (χ4n) is 13.4. The van der Waals surface area contributed by atoms with E-state index in [4.69, 9.17) is 6.58 Å². The summed E-state index contributed by atoms with van der Waals surface area (Å²) >= 11 is 0. The number of allylic oxidation sites excluding steroid dienone is 1. The molecule has 0 bridgehead atoms. The van der Waals surface area contributed by atoms with E-state index in [1.54, 1.807) is 48.9 Å². The van der Waals surface area contributed by atoms with Crippen molar-refractivity contribution in [3.05, 3.63) is 72.8 Å². The highest BCUT2D eigenvalue weighted by molar-refractivity contribution is 7.01. The third-order valence-corrected chi connectivity index (χ3v) is 20.6. The van der Waals surface area contributed by atoms with E-state index in [1.165, 1.54) is 56.6 Å². The largest absolute Gasteiger partial charge is 0.119 e. The third-order valence-electron chi connectivity index (χ3n) is 16.1. The molecule has 262 valence electrons. The van der Waals surface area contributed by atoms with Crippen LogP contribution in [0.3, 0.4) is 0 Å². The van der Waals surface area contributed by atoms with Gasteiger partial charge in [-0.2, -0.15) is 0 Å². The summed E-state index contributed by atoms with van der Waals surface area (Å²) in [4.78, 5) is 0. The molecule has 5 saturated carbocycles. The molecule has 5 aliphatic carbocycles. The van der Waals surface area contributed by atoms with Crippen LogP contribution in [0.2, 0.25) is 12.6 Å². The molecule has 5 aliphatic rings. The number of rotatable bonds is 8. The Morgan fingerprint density at radius 2 is 1.17 bits per heavy atom. The molecule has 1 heteroatoms. The first kappa shape index (κ1) is 34.8. The van der Waals surface area contributed by atoms with Crippen LogP contribution in [-0.4, -0.2) is 8.07 Å². The van der Waals surface area contributed by atoms with Crippen LogP contribution in [0.4, 0.5) is 0 Å². The van der Waals surface area contributed by atoms with Gasteiger partial charge in [0.25, 0.3) is 0 Å². The van der Waals surface area contributed by atoms with Crippen LogP contribution in [0.15, 0.2) is 72.8 Å². The van der Waals surface area contributed by atoms with Gasteiger partial charge < -0.3 is 0 Å². The molecule has 0 heterocycles. The molecule has 2 aromatic rings. The Morgan fingerprint density at radius 1 is 0.667 bits per heavy atom. The van der Waals surface area contributed by atoms with Gasteiger partial charge in [0.2, 0.25) is 0 Å². The second-order valence-electron chi connectivity index (χ2n) is 20.6. The summed E-state index contributed by atoms with van der Waals surface area (Å²) in [6.45, 7) is 22.8. The zero-order valence-electron chi connectivity index (χ0n) is 32.1. The molecule has 8 unspecified atom stereocenters. The molecule has 0 amide bonds. The van der Waals surface area contributed by atoms with Crippen molar-refractivity contribution in [2.24, 2.45) is 69.5 Å². The molecule has 0 aliphatic heterocycles. The summed E-state index contributed by atoms with van der Waals surface area (Å²) in [6, 6.07) is 24.1. The second-order valence-corrected chi connectivity index (χ2v) is 24.8. The van der Waals surface area contributed by atoms with Gasteiger partial charge in [-0.25, -0.2) is 0 Å². The normalized spacial score (nSPS) is 35.0. The van der Waals surface area contributed by atoms with Crippen LogP contribution in [0.1, 0.15) is 125 Å². The Hall–Kier alpha value is -1.60. The van der Waals surface area contributed by atoms with Gasteiger partial charge in [-0.1, -0.05) is 131 Å². The van der Waals surface area contributed by atoms with Gasteiger partial charge in [0.15, 0.2) is 0 Å². The Balaban J connectivity index is 1.11. The van der Waals surface area contributed by atoms with Crippen LogP contribution in [0.25, 0.3) is 0 Å². The maximum absolute atomic E-state index is 4.86. The highest BCUT2D eigenvalue weighted by atomic mass is 28.3. The molecule has 0 saturated heterocycles. The topological polar surface area (TPSA) is 0 Å². The van der Waals surface area contributed by atoms with Gasteiger partial charge in [-0.15, -0.1) is 6.58 Å². The van der Waals surface area contributed by atoms with Crippen molar-refractivity contribution >= 4 is 18.4 Å². The summed E-state index contributed by atoms with van der Waals surface area (Å²) < 4.78 is 0. The molecule has 0 radical (unpaired) electrons. The van der Waals surface area contributed by atoms with Gasteiger partial charge >= 0.3 is 0 Å². The molecule has 0 spiro atoms. The molecule has 5 fully saturated rings. The highest BCUT2D eigenvalue weighted by Gasteiger charge is 2.64. The van der Waals surface area contributed by atoms with Crippen LogP contribution in [0, 0.1) is 69.5 Å². The highest BCUT2D eigenvalue weighted by Crippen LogP contribution is 2.71. The summed E-state index contributed by atoms with van der Waals surface area (Å²) in [5, 5.41) is 3.12. The van der Waals surface area contributed by atoms with Crippen LogP contribution in [0.5, 0.6) is 0 Å². The molecule has 48 heavy (non-hydrogen) atoms. The minimum Gasteiger partial charge on any atom is -0.100 e. The zero-order valence-corrected chi connectivity index (χ0v) is 33.1. The van der Waals surface area contributed by atoms with Crippen molar-refractivity contribution in [1.29, 1.82) is 0 Å². The van der Waals surface area contributed by atoms with E-state index >= 15 is 0 Å². The molecule has 2 aromatic carbocycles. The lowest BCUT2D eigenvalue weighted by Gasteiger charge is -2.57. The van der Waals surface area contributed by atoms with Crippen molar-refractivity contribution in [2.75, 3.05) is 0 Å². The van der Waals surface area contributed by atoms with Crippen molar-refractivity contribution in [3.63, 3.8) is 0 Å². The lowest BCUT2D eigenvalue weighted by atomic mass is 9.48. The van der Waals surface area contributed by atoms with Crippen LogP contribution >= 0.6 is 0 Å². The minimum atomic E-state index is -1.89. The lowest BCUT2D eigenvalue weighted by Crippen LogP contribution is -2.55. The number of hydrogen-bond donors (Lipinski definition) is 0. The van der Waals surface area contributed by atoms with Gasteiger partial charge in [0, 0.05) is 0 Å². The fraction of sp³-hybridized carbons (Fsp3) is 0.702. The average molecular weight is 663 g/mol. The predicted molar refractivity (Wildman–Crippen MR) is 210 cm³/mol. The van der Waals surface area contributed by atoms with E-state index in [0.717, 1.165) is 53.3 Å². The van der Waals surface area contributed by atoms with Crippen LogP contribution in [-0.2, 0) is 0 Å². The maximum Gasteiger partial charge on any atom is 0.119 e. The van der Waals surface area contributed by atoms with E-state index in [0.29, 0.717) is 16.2 Å². The number of benzene rings is 2. The van der Waals surface area contributed by atoms with Crippen molar-refractivity contribution in [1.82, 2.24) is 0 Å². The smallest absolute Gasteiger partial charge is 0.100 e. The van der Waals surface area contributed by atoms with Crippen molar-refractivity contribution in [2.45, 2.75) is 138 Å². The van der Waals surface area contributed by atoms with Crippen molar-refractivity contribution in [3.8, 4) is 0 Å². The lowest BCUT2D eigenvalue weighted by molar-refractivity contribution is -0.0796. The molecule has 0 N–H and O–H groups in total. The summed E-state index contributed by atoms with van der Waals surface area (Å²) in [6.07, 6.45) is 19.5. The van der Waals surface area contributed by atoms with Gasteiger partial charge in [0.1, 0.15) is 8.07 Å². The summed E-state index contributed by atoms with van der Waals surface area (Å²) in [5.74, 6) is 8.75. The quantitative estimate of drug-likeness (QED) is 0.195. The van der Waals surface area contributed by atoms with E-state index in [9.17, 15) is 0 Å². The molecular formula is C47H70Si. The molecule has 8 atom stereocenters. The van der Waals surface area contributed by atoms with Gasteiger partial charge in [-0.05, 0) is 153 Å². The van der Waals surface area contributed by atoms with E-state index in [-0.39, 0.29) is 0 Å². The average Bonchev–Trinajstić information content (AvgIpc) is 3.63. The SMILES string of the molecule is C=C(CC1CCC(C2(C3C4CC(C(C)(C)C)CCC4C4CCC(C(C)(C)C)CC43)CCC2)C1)C[Si](C)(c1ccccc1)c1ccccc1. The minimum absolute atomic E-state index is 0.458. The van der Waals surface area contributed by atoms with E-state index in [2.05, 4.69) is 109 Å². The molecule has 7 rings (SSSR count). The Morgan fingerprint density at radius 3 is 1.60 bits per heavy atom. The molecule has 0 aromatic heterocycles. The van der Waals surface area contributed by atoms with Gasteiger partial charge in [0.05, 0.1) is 0 Å². The Labute approximate surface area is 297 Å². The zero-order chi connectivity index (χ0) is 33.9. The molecular weight excluding hydrogens is 593 g/mol. The summed E-state index contributed by atoms with van der Waals surface area (Å²) in [5.41, 5.74) is 3.10. The first-order valence-electron chi connectivity index (χ1n) is 20.6. The first-order valence-corrected chi connectivity index (χ1v) is 23.3. The first-order chi connectivity index (χ1) is 22.8. The number of fused-ring (bicyclic) bond motifs is 3. The summed E-state index contributed by atoms with van der Waals surface area (Å²) in [7, 11) is -1.89. The van der Waals surface area contributed by atoms with E-state index in [1.807, 2.05) is 0 Å². The van der Waals surface area contributed by atoms with Crippen molar-refractivity contribution < 1.29 is 0 Å². The molecule has 0 nitrogen and oxygen atoms in total. The fourth-order valence-corrected chi connectivity index (χ4v) is 17.2. The predicted octanol–water partition coefficient (Wildman–Crippen LogP) is 12.2. The monoisotopic (exact) mass is 663 g/mol. The van der Waals surface area contributed by atoms with E-state index < -0.39 is 8.07 Å². The second kappa shape index (κ2) is 13.2. The maximum atomic E-state index is 4.86. The van der Waals surface area contributed by atoms with Crippen LogP contribution < -0.4 is 10.4 Å². The Kier molecular flexibility index (Phi) is 9.56.